The van der Waals surface area contributed by atoms with Crippen molar-refractivity contribution in [1.82, 2.24) is 0 Å². The number of sulfone groups is 2. The molecule has 0 saturated carbocycles. The number of hydrogen-bond acceptors (Lipinski definition) is 5. The van der Waals surface area contributed by atoms with Gasteiger partial charge >= 0.3 is 0 Å². The molecule has 118 valence electrons. The standard InChI is InChI=1S/C14H13FO5S2/c1-21(16,17)12-7-8-13(14(9-12)22(2,18)19)20-11-5-3-10(15)4-6-11/h3-9H,1-2H3. The first-order valence-electron chi connectivity index (χ1n) is 6.05. The van der Waals surface area contributed by atoms with E-state index in [0.29, 0.717) is 0 Å². The van der Waals surface area contributed by atoms with Gasteiger partial charge in [0.05, 0.1) is 4.90 Å². The molecule has 0 atom stereocenters. The molecule has 0 aromatic heterocycles. The summed E-state index contributed by atoms with van der Waals surface area (Å²) in [6, 6.07) is 8.57. The van der Waals surface area contributed by atoms with Crippen LogP contribution >= 0.6 is 0 Å². The maximum atomic E-state index is 12.9. The van der Waals surface area contributed by atoms with Gasteiger partial charge in [0, 0.05) is 12.5 Å². The zero-order chi connectivity index (χ0) is 16.5. The summed E-state index contributed by atoms with van der Waals surface area (Å²) >= 11 is 0. The summed E-state index contributed by atoms with van der Waals surface area (Å²) in [5, 5.41) is 0. The highest BCUT2D eigenvalue weighted by Crippen LogP contribution is 2.31. The van der Waals surface area contributed by atoms with E-state index in [4.69, 9.17) is 4.74 Å². The Labute approximate surface area is 128 Å². The van der Waals surface area contributed by atoms with Crippen molar-refractivity contribution in [1.29, 1.82) is 0 Å². The van der Waals surface area contributed by atoms with E-state index in [2.05, 4.69) is 0 Å². The second-order valence-corrected chi connectivity index (χ2v) is 8.71. The molecule has 0 heterocycles. The van der Waals surface area contributed by atoms with Crippen molar-refractivity contribution in [2.45, 2.75) is 9.79 Å². The lowest BCUT2D eigenvalue weighted by molar-refractivity contribution is 0.465. The molecule has 0 unspecified atom stereocenters. The molecule has 2 rings (SSSR count). The molecule has 0 radical (unpaired) electrons. The van der Waals surface area contributed by atoms with Crippen LogP contribution in [0.15, 0.2) is 52.3 Å². The highest BCUT2D eigenvalue weighted by atomic mass is 32.2. The van der Waals surface area contributed by atoms with Crippen molar-refractivity contribution in [2.75, 3.05) is 12.5 Å². The highest BCUT2D eigenvalue weighted by Gasteiger charge is 2.19. The minimum atomic E-state index is -3.71. The Bertz CT molecular complexity index is 901. The van der Waals surface area contributed by atoms with Crippen LogP contribution in [0.5, 0.6) is 11.5 Å². The molecule has 0 N–H and O–H groups in total. The first-order chi connectivity index (χ1) is 10.1. The summed E-state index contributed by atoms with van der Waals surface area (Å²) < 4.78 is 65.0. The van der Waals surface area contributed by atoms with Crippen molar-refractivity contribution in [2.24, 2.45) is 0 Å². The van der Waals surface area contributed by atoms with Crippen LogP contribution in [0.4, 0.5) is 4.39 Å². The Morgan fingerprint density at radius 2 is 1.45 bits per heavy atom. The molecule has 5 nitrogen and oxygen atoms in total. The maximum Gasteiger partial charge on any atom is 0.179 e. The Morgan fingerprint density at radius 3 is 1.95 bits per heavy atom. The lowest BCUT2D eigenvalue weighted by Gasteiger charge is -2.11. The summed E-state index contributed by atoms with van der Waals surface area (Å²) in [4.78, 5) is -0.376. The fourth-order valence-electron chi connectivity index (χ4n) is 1.72. The minimum absolute atomic E-state index is 0.0264. The second-order valence-electron chi connectivity index (χ2n) is 4.71. The first kappa shape index (κ1) is 16.4. The molecule has 2 aromatic carbocycles. The molecule has 0 fully saturated rings. The van der Waals surface area contributed by atoms with Crippen LogP contribution < -0.4 is 4.74 Å². The van der Waals surface area contributed by atoms with Gasteiger partial charge < -0.3 is 4.74 Å². The quantitative estimate of drug-likeness (QED) is 0.851. The van der Waals surface area contributed by atoms with Gasteiger partial charge in [-0.15, -0.1) is 0 Å². The number of halogens is 1. The van der Waals surface area contributed by atoms with Crippen LogP contribution in [-0.4, -0.2) is 29.3 Å². The molecule has 0 aliphatic carbocycles. The highest BCUT2D eigenvalue weighted by molar-refractivity contribution is 7.91. The Morgan fingerprint density at radius 1 is 0.864 bits per heavy atom. The fraction of sp³-hybridized carbons (Fsp3) is 0.143. The zero-order valence-corrected chi connectivity index (χ0v) is 13.4. The van der Waals surface area contributed by atoms with E-state index in [-0.39, 0.29) is 21.3 Å². The smallest absolute Gasteiger partial charge is 0.179 e. The number of benzene rings is 2. The largest absolute Gasteiger partial charge is 0.456 e. The van der Waals surface area contributed by atoms with Crippen molar-refractivity contribution < 1.29 is 26.0 Å². The summed E-state index contributed by atoms with van der Waals surface area (Å²) in [5.74, 6) is -0.247. The van der Waals surface area contributed by atoms with Crippen LogP contribution in [-0.2, 0) is 19.7 Å². The van der Waals surface area contributed by atoms with E-state index >= 15 is 0 Å². The van der Waals surface area contributed by atoms with Crippen LogP contribution in [0.25, 0.3) is 0 Å². The van der Waals surface area contributed by atoms with Gasteiger partial charge in [0.1, 0.15) is 22.2 Å². The summed E-state index contributed by atoms with van der Waals surface area (Å²) in [6.45, 7) is 0. The van der Waals surface area contributed by atoms with Crippen molar-refractivity contribution in [3.05, 3.63) is 48.3 Å². The van der Waals surface area contributed by atoms with Crippen molar-refractivity contribution in [3.8, 4) is 11.5 Å². The van der Waals surface area contributed by atoms with E-state index < -0.39 is 25.5 Å². The Kier molecular flexibility index (Phi) is 4.25. The topological polar surface area (TPSA) is 77.5 Å². The number of ether oxygens (including phenoxy) is 1. The Balaban J connectivity index is 2.54. The van der Waals surface area contributed by atoms with E-state index in [1.165, 1.54) is 36.4 Å². The number of hydrogen-bond donors (Lipinski definition) is 0. The van der Waals surface area contributed by atoms with Gasteiger partial charge in [0.2, 0.25) is 0 Å². The molecule has 0 saturated heterocycles. The van der Waals surface area contributed by atoms with Crippen molar-refractivity contribution >= 4 is 19.7 Å². The zero-order valence-electron chi connectivity index (χ0n) is 11.8. The normalized spacial score (nSPS) is 12.1. The summed E-state index contributed by atoms with van der Waals surface area (Å²) in [5.41, 5.74) is 0. The third kappa shape index (κ3) is 3.83. The SMILES string of the molecule is CS(=O)(=O)c1ccc(Oc2ccc(F)cc2)c(S(C)(=O)=O)c1. The van der Waals surface area contributed by atoms with Crippen LogP contribution in [0.1, 0.15) is 0 Å². The van der Waals surface area contributed by atoms with E-state index in [9.17, 15) is 21.2 Å². The van der Waals surface area contributed by atoms with Gasteiger partial charge in [-0.3, -0.25) is 0 Å². The minimum Gasteiger partial charge on any atom is -0.456 e. The van der Waals surface area contributed by atoms with Crippen LogP contribution in [0.2, 0.25) is 0 Å². The molecule has 8 heteroatoms. The lowest BCUT2D eigenvalue weighted by atomic mass is 10.3. The molecular weight excluding hydrogens is 331 g/mol. The van der Waals surface area contributed by atoms with Gasteiger partial charge in [-0.2, -0.15) is 0 Å². The van der Waals surface area contributed by atoms with Gasteiger partial charge in [0.25, 0.3) is 0 Å². The van der Waals surface area contributed by atoms with Crippen LogP contribution in [0.3, 0.4) is 0 Å². The predicted molar refractivity (Wildman–Crippen MR) is 79.1 cm³/mol. The molecular formula is C14H13FO5S2. The number of rotatable bonds is 4. The Hall–Kier alpha value is -1.93. The molecule has 2 aromatic rings. The molecule has 0 aliphatic heterocycles. The fourth-order valence-corrected chi connectivity index (χ4v) is 3.26. The lowest BCUT2D eigenvalue weighted by Crippen LogP contribution is -2.04. The third-order valence-corrected chi connectivity index (χ3v) is 5.01. The molecule has 0 bridgehead atoms. The van der Waals surface area contributed by atoms with Gasteiger partial charge in [-0.25, -0.2) is 21.2 Å². The monoisotopic (exact) mass is 344 g/mol. The van der Waals surface area contributed by atoms with E-state index in [1.54, 1.807) is 0 Å². The molecule has 0 aliphatic rings. The average Bonchev–Trinajstić information content (AvgIpc) is 2.39. The van der Waals surface area contributed by atoms with Gasteiger partial charge in [-0.05, 0) is 42.5 Å². The van der Waals surface area contributed by atoms with Crippen molar-refractivity contribution in [3.63, 3.8) is 0 Å². The molecule has 0 spiro atoms. The molecule has 22 heavy (non-hydrogen) atoms. The second kappa shape index (κ2) is 5.69. The van der Waals surface area contributed by atoms with E-state index in [1.807, 2.05) is 0 Å². The maximum absolute atomic E-state index is 12.9. The summed E-state index contributed by atoms with van der Waals surface area (Å²) in [6.07, 6.45) is 1.93. The van der Waals surface area contributed by atoms with Gasteiger partial charge in [0.15, 0.2) is 19.7 Å². The average molecular weight is 344 g/mol. The van der Waals surface area contributed by atoms with Crippen LogP contribution in [0, 0.1) is 5.82 Å². The molecule has 0 amide bonds. The third-order valence-electron chi connectivity index (χ3n) is 2.78. The van der Waals surface area contributed by atoms with Gasteiger partial charge in [-0.1, -0.05) is 0 Å². The first-order valence-corrected chi connectivity index (χ1v) is 9.83. The van der Waals surface area contributed by atoms with E-state index in [0.717, 1.165) is 18.6 Å². The summed E-state index contributed by atoms with van der Waals surface area (Å²) in [7, 11) is -7.26. The predicted octanol–water partition coefficient (Wildman–Crippen LogP) is 2.43.